The lowest BCUT2D eigenvalue weighted by Gasteiger charge is -2.24. The predicted molar refractivity (Wildman–Crippen MR) is 100 cm³/mol. The van der Waals surface area contributed by atoms with Crippen molar-refractivity contribution in [3.05, 3.63) is 70.9 Å². The Kier molecular flexibility index (Phi) is 5.24. The van der Waals surface area contributed by atoms with Gasteiger partial charge in [0.15, 0.2) is 11.6 Å². The Hall–Kier alpha value is -2.61. The fourth-order valence-electron chi connectivity index (χ4n) is 2.95. The van der Waals surface area contributed by atoms with Gasteiger partial charge in [0, 0.05) is 25.7 Å². The molecule has 1 aliphatic rings. The highest BCUT2D eigenvalue weighted by atomic mass is 35.5. The number of halogens is 1. The number of nitrogens with one attached hydrogen (secondary N) is 1. The molecule has 1 aromatic carbocycles. The topological polar surface area (TPSA) is 81.9 Å². The van der Waals surface area contributed by atoms with Crippen LogP contribution in [0.15, 0.2) is 49.1 Å². The third kappa shape index (κ3) is 4.21. The van der Waals surface area contributed by atoms with E-state index in [9.17, 15) is 4.79 Å². The number of hydrogen-bond donors (Lipinski definition) is 1. The van der Waals surface area contributed by atoms with Gasteiger partial charge in [-0.2, -0.15) is 5.10 Å². The number of nitrogens with zero attached hydrogens (tertiary/aromatic N) is 4. The highest BCUT2D eigenvalue weighted by Gasteiger charge is 2.16. The minimum atomic E-state index is -0.0143. The largest absolute Gasteiger partial charge is 0.371 e. The molecule has 0 spiro atoms. The van der Waals surface area contributed by atoms with Gasteiger partial charge in [0.25, 0.3) is 0 Å². The summed E-state index contributed by atoms with van der Waals surface area (Å²) in [6.45, 7) is 2.41. The third-order valence-corrected chi connectivity index (χ3v) is 4.56. The molecule has 1 atom stereocenters. The molecule has 0 bridgehead atoms. The van der Waals surface area contributed by atoms with Crippen LogP contribution >= 0.6 is 11.6 Å². The first kappa shape index (κ1) is 17.8. The average Bonchev–Trinajstić information content (AvgIpc) is 3.20. The minimum Gasteiger partial charge on any atom is -0.371 e. The molecule has 4 rings (SSSR count). The van der Waals surface area contributed by atoms with Crippen molar-refractivity contribution >= 4 is 17.4 Å². The van der Waals surface area contributed by atoms with Crippen molar-refractivity contribution in [1.29, 1.82) is 0 Å². The molecule has 138 valence electrons. The highest BCUT2D eigenvalue weighted by Crippen LogP contribution is 2.20. The highest BCUT2D eigenvalue weighted by molar-refractivity contribution is 6.29. The van der Waals surface area contributed by atoms with E-state index in [1.807, 2.05) is 24.3 Å². The van der Waals surface area contributed by atoms with E-state index in [2.05, 4.69) is 20.4 Å². The van der Waals surface area contributed by atoms with Gasteiger partial charge in [-0.15, -0.1) is 0 Å². The smallest absolute Gasteiger partial charge is 0.173 e. The van der Waals surface area contributed by atoms with Crippen LogP contribution in [0.5, 0.6) is 0 Å². The van der Waals surface area contributed by atoms with Gasteiger partial charge >= 0.3 is 0 Å². The summed E-state index contributed by atoms with van der Waals surface area (Å²) in [5.74, 6) is 0.451. The number of aromatic nitrogens is 4. The molecule has 1 saturated heterocycles. The first-order chi connectivity index (χ1) is 13.2. The zero-order valence-electron chi connectivity index (χ0n) is 14.5. The molecule has 1 fully saturated rings. The normalized spacial score (nSPS) is 17.0. The summed E-state index contributed by atoms with van der Waals surface area (Å²) < 4.78 is 7.24. The lowest BCUT2D eigenvalue weighted by molar-refractivity contribution is 0.0277. The van der Waals surface area contributed by atoms with Crippen LogP contribution in [0.2, 0.25) is 5.15 Å². The van der Waals surface area contributed by atoms with E-state index in [1.165, 1.54) is 23.3 Å². The zero-order valence-corrected chi connectivity index (χ0v) is 15.3. The molecule has 2 aromatic heterocycles. The number of benzene rings is 1. The van der Waals surface area contributed by atoms with Crippen LogP contribution in [-0.4, -0.2) is 45.2 Å². The molecule has 0 saturated carbocycles. The van der Waals surface area contributed by atoms with Gasteiger partial charge in [0.2, 0.25) is 0 Å². The number of rotatable bonds is 5. The number of carbonyl (C=O) groups excluding carboxylic acids is 1. The van der Waals surface area contributed by atoms with Gasteiger partial charge in [-0.3, -0.25) is 9.78 Å². The van der Waals surface area contributed by atoms with E-state index < -0.39 is 0 Å². The summed E-state index contributed by atoms with van der Waals surface area (Å²) in [7, 11) is 0. The first-order valence-electron chi connectivity index (χ1n) is 8.66. The molecule has 7 nitrogen and oxygen atoms in total. The maximum atomic E-state index is 12.6. The van der Waals surface area contributed by atoms with Crippen molar-refractivity contribution in [2.24, 2.45) is 0 Å². The number of ketones is 1. The van der Waals surface area contributed by atoms with E-state index in [1.54, 1.807) is 6.20 Å². The number of carbonyl (C=O) groups is 1. The van der Waals surface area contributed by atoms with Gasteiger partial charge in [-0.25, -0.2) is 9.67 Å². The minimum absolute atomic E-state index is 0.0143. The molecule has 3 aromatic rings. The van der Waals surface area contributed by atoms with Crippen LogP contribution in [0.1, 0.15) is 27.6 Å². The van der Waals surface area contributed by atoms with Crippen molar-refractivity contribution in [3.63, 3.8) is 0 Å². The van der Waals surface area contributed by atoms with Gasteiger partial charge < -0.3 is 10.1 Å². The standard InChI is InChI=1S/C19H18ClN5O2/c20-18-10-22-11-19(24-18)25-12-15(8-23-25)16(26)7-13-1-3-14(4-2-13)17-9-21-5-6-27-17/h1-4,8,10-12,17,21H,5-7,9H2/t17-/m1/s1. The molecular weight excluding hydrogens is 366 g/mol. The van der Waals surface area contributed by atoms with Gasteiger partial charge in [-0.05, 0) is 11.1 Å². The van der Waals surface area contributed by atoms with Crippen LogP contribution in [0, 0.1) is 0 Å². The van der Waals surface area contributed by atoms with E-state index in [-0.39, 0.29) is 17.0 Å². The Bertz CT molecular complexity index is 935. The number of hydrogen-bond acceptors (Lipinski definition) is 6. The van der Waals surface area contributed by atoms with E-state index in [0.29, 0.717) is 24.4 Å². The lowest BCUT2D eigenvalue weighted by atomic mass is 10.0. The summed E-state index contributed by atoms with van der Waals surface area (Å²) in [5, 5.41) is 7.76. The molecule has 0 radical (unpaired) electrons. The van der Waals surface area contributed by atoms with Gasteiger partial charge in [-0.1, -0.05) is 35.9 Å². The molecule has 0 amide bonds. The summed E-state index contributed by atoms with van der Waals surface area (Å²) in [4.78, 5) is 20.7. The molecule has 1 aliphatic heterocycles. The Morgan fingerprint density at radius 1 is 1.26 bits per heavy atom. The Labute approximate surface area is 161 Å². The van der Waals surface area contributed by atoms with E-state index in [0.717, 1.165) is 24.2 Å². The van der Waals surface area contributed by atoms with Gasteiger partial charge in [0.05, 0.1) is 36.9 Å². The van der Waals surface area contributed by atoms with Crippen molar-refractivity contribution < 1.29 is 9.53 Å². The number of Topliss-reactive ketones (excluding diaryl/α,β-unsaturated/α-hetero) is 1. The predicted octanol–water partition coefficient (Wildman–Crippen LogP) is 2.40. The lowest BCUT2D eigenvalue weighted by Crippen LogP contribution is -2.33. The number of ether oxygens (including phenoxy) is 1. The second-order valence-corrected chi connectivity index (χ2v) is 6.67. The number of morpholine rings is 1. The SMILES string of the molecule is O=C(Cc1ccc([C@H]2CNCCO2)cc1)c1cnn(-c2cncc(Cl)n2)c1. The van der Waals surface area contributed by atoms with Crippen molar-refractivity contribution in [1.82, 2.24) is 25.1 Å². The zero-order chi connectivity index (χ0) is 18.6. The van der Waals surface area contributed by atoms with Crippen molar-refractivity contribution in [2.75, 3.05) is 19.7 Å². The van der Waals surface area contributed by atoms with Crippen LogP contribution in [0.3, 0.4) is 0 Å². The second-order valence-electron chi connectivity index (χ2n) is 6.28. The molecular formula is C19H18ClN5O2. The summed E-state index contributed by atoms with van der Waals surface area (Å²) in [5.41, 5.74) is 2.58. The first-order valence-corrected chi connectivity index (χ1v) is 9.04. The Balaban J connectivity index is 1.43. The maximum absolute atomic E-state index is 12.6. The van der Waals surface area contributed by atoms with Crippen LogP contribution in [-0.2, 0) is 11.2 Å². The van der Waals surface area contributed by atoms with E-state index in [4.69, 9.17) is 16.3 Å². The Morgan fingerprint density at radius 3 is 2.85 bits per heavy atom. The molecule has 8 heteroatoms. The molecule has 1 N–H and O–H groups in total. The second kappa shape index (κ2) is 7.96. The quantitative estimate of drug-likeness (QED) is 0.681. The molecule has 0 unspecified atom stereocenters. The third-order valence-electron chi connectivity index (χ3n) is 4.38. The van der Waals surface area contributed by atoms with Crippen LogP contribution in [0.4, 0.5) is 0 Å². The summed E-state index contributed by atoms with van der Waals surface area (Å²) in [6, 6.07) is 7.98. The molecule has 3 heterocycles. The van der Waals surface area contributed by atoms with Crippen molar-refractivity contribution in [2.45, 2.75) is 12.5 Å². The molecule has 0 aliphatic carbocycles. The maximum Gasteiger partial charge on any atom is 0.173 e. The van der Waals surface area contributed by atoms with Gasteiger partial charge in [0.1, 0.15) is 5.15 Å². The summed E-state index contributed by atoms with van der Waals surface area (Å²) >= 11 is 5.85. The van der Waals surface area contributed by atoms with Crippen LogP contribution in [0.25, 0.3) is 5.82 Å². The molecule has 27 heavy (non-hydrogen) atoms. The Morgan fingerprint density at radius 2 is 2.11 bits per heavy atom. The fraction of sp³-hybridized carbons (Fsp3) is 0.263. The fourth-order valence-corrected chi connectivity index (χ4v) is 3.10. The van der Waals surface area contributed by atoms with E-state index >= 15 is 0 Å². The monoisotopic (exact) mass is 383 g/mol. The van der Waals surface area contributed by atoms with Crippen molar-refractivity contribution in [3.8, 4) is 5.82 Å². The van der Waals surface area contributed by atoms with Crippen LogP contribution < -0.4 is 5.32 Å². The average molecular weight is 384 g/mol. The summed E-state index contributed by atoms with van der Waals surface area (Å²) in [6.07, 6.45) is 6.52.